The van der Waals surface area contributed by atoms with Gasteiger partial charge < -0.3 is 34.9 Å². The van der Waals surface area contributed by atoms with Crippen LogP contribution in [0.1, 0.15) is 27.9 Å². The zero-order valence-corrected chi connectivity index (χ0v) is 25.8. The number of phenolic OH excluding ortho intramolecular Hbond substituents is 1. The molecule has 0 aromatic heterocycles. The standard InChI is InChI=1S/C30H41N3O11/c1-32(2)24-17-10-15-9-16-14(11-33(12-19(41-3)42-4)13-20(43-5)44-6)7-8-18(34)22(16)25(35)21(15)27(37)30(17,40)28(38)23(26(24)36)29(31)39/h7-8,15,17,19-21,23-24,34,40H,9-13H2,1-6H3,(H2,31,39)/t15-,17-,21?,23?,24?,30-/m0/s1. The van der Waals surface area contributed by atoms with Crippen molar-refractivity contribution in [3.63, 3.8) is 0 Å². The number of nitrogens with two attached hydrogens (primary N) is 1. The van der Waals surface area contributed by atoms with Gasteiger partial charge in [0.1, 0.15) is 5.75 Å². The number of likely N-dealkylation sites (N-methyl/N-ethyl adjacent to an activating group) is 1. The van der Waals surface area contributed by atoms with E-state index in [0.29, 0.717) is 24.2 Å². The van der Waals surface area contributed by atoms with Crippen LogP contribution >= 0.6 is 0 Å². The molecule has 242 valence electrons. The smallest absolute Gasteiger partial charge is 0.235 e. The molecule has 2 saturated carbocycles. The van der Waals surface area contributed by atoms with Crippen molar-refractivity contribution in [3.05, 3.63) is 28.8 Å². The number of hydrogen-bond acceptors (Lipinski definition) is 13. The first-order chi connectivity index (χ1) is 20.8. The summed E-state index contributed by atoms with van der Waals surface area (Å²) in [7, 11) is 9.11. The monoisotopic (exact) mass is 619 g/mol. The molecule has 1 aromatic carbocycles. The molecule has 14 nitrogen and oxygen atoms in total. The number of nitrogens with zero attached hydrogens (tertiary/aromatic N) is 2. The van der Waals surface area contributed by atoms with Gasteiger partial charge in [0.25, 0.3) is 0 Å². The van der Waals surface area contributed by atoms with Gasteiger partial charge in [-0.1, -0.05) is 6.07 Å². The molecular formula is C30H41N3O11. The second-order valence-electron chi connectivity index (χ2n) is 11.9. The Morgan fingerprint density at radius 2 is 1.57 bits per heavy atom. The summed E-state index contributed by atoms with van der Waals surface area (Å²) in [6.45, 7) is 0.864. The van der Waals surface area contributed by atoms with E-state index in [0.717, 1.165) is 0 Å². The molecule has 0 aliphatic heterocycles. The van der Waals surface area contributed by atoms with Crippen LogP contribution in [0.3, 0.4) is 0 Å². The van der Waals surface area contributed by atoms with Crippen LogP contribution in [0.15, 0.2) is 12.1 Å². The molecule has 1 amide bonds. The van der Waals surface area contributed by atoms with Crippen molar-refractivity contribution < 1.29 is 53.1 Å². The third kappa shape index (κ3) is 5.60. The van der Waals surface area contributed by atoms with E-state index in [1.165, 1.54) is 39.4 Å². The van der Waals surface area contributed by atoms with Crippen LogP contribution in [0, 0.1) is 23.7 Å². The van der Waals surface area contributed by atoms with E-state index in [9.17, 15) is 34.2 Å². The Hall–Kier alpha value is -3.11. The van der Waals surface area contributed by atoms with Gasteiger partial charge in [0, 0.05) is 40.9 Å². The quantitative estimate of drug-likeness (QED) is 0.189. The maximum absolute atomic E-state index is 14.0. The van der Waals surface area contributed by atoms with E-state index in [1.54, 1.807) is 20.2 Å². The maximum atomic E-state index is 14.0. The number of aliphatic hydroxyl groups is 1. The third-order valence-corrected chi connectivity index (χ3v) is 9.30. The lowest BCUT2D eigenvalue weighted by Crippen LogP contribution is -2.74. The van der Waals surface area contributed by atoms with Crippen LogP contribution in [0.25, 0.3) is 0 Å². The summed E-state index contributed by atoms with van der Waals surface area (Å²) in [4.78, 5) is 70.3. The second-order valence-corrected chi connectivity index (χ2v) is 11.9. The minimum absolute atomic E-state index is 0.0342. The van der Waals surface area contributed by atoms with Gasteiger partial charge >= 0.3 is 0 Å². The lowest BCUT2D eigenvalue weighted by molar-refractivity contribution is -0.181. The van der Waals surface area contributed by atoms with Gasteiger partial charge in [0.05, 0.1) is 30.6 Å². The predicted octanol–water partition coefficient (Wildman–Crippen LogP) is -1.09. The molecular weight excluding hydrogens is 578 g/mol. The molecule has 4 rings (SSSR count). The van der Waals surface area contributed by atoms with E-state index in [4.69, 9.17) is 24.7 Å². The minimum Gasteiger partial charge on any atom is -0.507 e. The van der Waals surface area contributed by atoms with E-state index in [1.807, 2.05) is 4.90 Å². The zero-order chi connectivity index (χ0) is 32.7. The second kappa shape index (κ2) is 13.1. The molecule has 3 aliphatic carbocycles. The lowest BCUT2D eigenvalue weighted by atomic mass is 9.52. The third-order valence-electron chi connectivity index (χ3n) is 9.30. The molecule has 0 bridgehead atoms. The van der Waals surface area contributed by atoms with Gasteiger partial charge in [-0.3, -0.25) is 33.8 Å². The highest BCUT2D eigenvalue weighted by Crippen LogP contribution is 2.51. The number of ketones is 4. The van der Waals surface area contributed by atoms with Gasteiger partial charge in [-0.05, 0) is 50.0 Å². The Morgan fingerprint density at radius 1 is 1.00 bits per heavy atom. The molecule has 0 saturated heterocycles. The number of carbonyl (C=O) groups is 5. The summed E-state index contributed by atoms with van der Waals surface area (Å²) in [6.07, 6.45) is -1.07. The Morgan fingerprint density at radius 3 is 2.07 bits per heavy atom. The van der Waals surface area contributed by atoms with Gasteiger partial charge in [0.15, 0.2) is 47.2 Å². The van der Waals surface area contributed by atoms with Crippen LogP contribution in [-0.2, 0) is 51.1 Å². The average Bonchev–Trinajstić information content (AvgIpc) is 2.97. The molecule has 4 N–H and O–H groups in total. The number of rotatable bonds is 12. The van der Waals surface area contributed by atoms with Crippen molar-refractivity contribution in [1.82, 2.24) is 9.80 Å². The minimum atomic E-state index is -2.77. The van der Waals surface area contributed by atoms with E-state index >= 15 is 0 Å². The summed E-state index contributed by atoms with van der Waals surface area (Å²) in [6, 6.07) is 1.88. The van der Waals surface area contributed by atoms with Gasteiger partial charge in [0.2, 0.25) is 5.91 Å². The summed E-state index contributed by atoms with van der Waals surface area (Å²) in [5.74, 6) is -10.9. The van der Waals surface area contributed by atoms with Crippen molar-refractivity contribution in [1.29, 1.82) is 0 Å². The SMILES string of the molecule is COC(CN(Cc1ccc(O)c2c1C[C@H]1C[C@H]3C(N(C)C)C(=O)C(C(N)=O)C(=O)[C@@]3(O)C(=O)C1C2=O)CC(OC)OC)OC. The van der Waals surface area contributed by atoms with Gasteiger partial charge in [-0.15, -0.1) is 0 Å². The number of fused-ring (bicyclic) bond motifs is 3. The van der Waals surface area contributed by atoms with Crippen molar-refractivity contribution in [2.75, 3.05) is 55.6 Å². The molecule has 3 aliphatic rings. The van der Waals surface area contributed by atoms with E-state index in [-0.39, 0.29) is 30.7 Å². The molecule has 0 radical (unpaired) electrons. The van der Waals surface area contributed by atoms with E-state index < -0.39 is 76.9 Å². The van der Waals surface area contributed by atoms with E-state index in [2.05, 4.69) is 0 Å². The first kappa shape index (κ1) is 33.8. The Labute approximate surface area is 255 Å². The molecule has 14 heteroatoms. The van der Waals surface area contributed by atoms with Crippen LogP contribution < -0.4 is 5.73 Å². The maximum Gasteiger partial charge on any atom is 0.235 e. The molecule has 2 fully saturated rings. The molecule has 0 spiro atoms. The van der Waals surface area contributed by atoms with Crippen molar-refractivity contribution in [2.45, 2.75) is 43.6 Å². The predicted molar refractivity (Wildman–Crippen MR) is 152 cm³/mol. The number of primary amides is 1. The first-order valence-corrected chi connectivity index (χ1v) is 14.3. The number of aromatic hydroxyl groups is 1. The molecule has 0 heterocycles. The molecule has 1 aromatic rings. The number of carbonyl (C=O) groups excluding carboxylic acids is 5. The summed E-state index contributed by atoms with van der Waals surface area (Å²) in [5, 5.41) is 22.6. The molecule has 3 unspecified atom stereocenters. The normalized spacial score (nSPS) is 28.6. The van der Waals surface area contributed by atoms with Crippen LogP contribution in [-0.4, -0.2) is 129 Å². The lowest BCUT2D eigenvalue weighted by Gasteiger charge is -2.52. The van der Waals surface area contributed by atoms with Crippen LogP contribution in [0.4, 0.5) is 0 Å². The number of hydrogen-bond donors (Lipinski definition) is 3. The fourth-order valence-corrected chi connectivity index (χ4v) is 7.17. The Balaban J connectivity index is 1.77. The number of benzene rings is 1. The summed E-state index contributed by atoms with van der Waals surface area (Å²) < 4.78 is 21.6. The zero-order valence-electron chi connectivity index (χ0n) is 25.8. The molecule has 44 heavy (non-hydrogen) atoms. The number of amides is 1. The highest BCUT2D eigenvalue weighted by atomic mass is 16.7. The highest BCUT2D eigenvalue weighted by molar-refractivity contribution is 6.32. The number of ether oxygens (including phenoxy) is 4. The Kier molecular flexibility index (Phi) is 10.0. The molecule has 6 atom stereocenters. The number of Topliss-reactive ketones (excluding diaryl/α,β-unsaturated/α-hetero) is 4. The topological polar surface area (TPSA) is 195 Å². The largest absolute Gasteiger partial charge is 0.507 e. The summed E-state index contributed by atoms with van der Waals surface area (Å²) >= 11 is 0. The fraction of sp³-hybridized carbons (Fsp3) is 0.633. The average molecular weight is 620 g/mol. The highest BCUT2D eigenvalue weighted by Gasteiger charge is 2.69. The van der Waals surface area contributed by atoms with Gasteiger partial charge in [-0.25, -0.2) is 0 Å². The number of methoxy groups -OCH3 is 4. The van der Waals surface area contributed by atoms with Crippen molar-refractivity contribution >= 4 is 29.0 Å². The first-order valence-electron chi connectivity index (χ1n) is 14.3. The van der Waals surface area contributed by atoms with Gasteiger partial charge in [-0.2, -0.15) is 0 Å². The van der Waals surface area contributed by atoms with Crippen LogP contribution in [0.2, 0.25) is 0 Å². The van der Waals surface area contributed by atoms with Crippen LogP contribution in [0.5, 0.6) is 5.75 Å². The Bertz CT molecular complexity index is 1310. The number of phenols is 1. The summed E-state index contributed by atoms with van der Waals surface area (Å²) in [5.41, 5.74) is 3.73. The fourth-order valence-electron chi connectivity index (χ4n) is 7.17. The van der Waals surface area contributed by atoms with Crippen molar-refractivity contribution in [2.24, 2.45) is 29.4 Å². The van der Waals surface area contributed by atoms with Crippen molar-refractivity contribution in [3.8, 4) is 5.75 Å².